The lowest BCUT2D eigenvalue weighted by atomic mass is 10.2. The van der Waals surface area contributed by atoms with Crippen molar-refractivity contribution < 1.29 is 16.8 Å². The maximum atomic E-state index is 12.1. The van der Waals surface area contributed by atoms with Crippen molar-refractivity contribution in [1.82, 2.24) is 4.57 Å². The van der Waals surface area contributed by atoms with E-state index in [0.717, 1.165) is 21.6 Å². The number of hydrogen-bond donors (Lipinski definition) is 0. The Kier molecular flexibility index (Phi) is 2.93. The number of hydrogen-bond acceptors (Lipinski definition) is 2. The average molecular weight is 267 g/mol. The molecular weight excluding hydrogens is 256 g/mol. The maximum Gasteiger partial charge on any atom is 0.348 e. The summed E-state index contributed by atoms with van der Waals surface area (Å²) in [5.41, 5.74) is 2.21. The first kappa shape index (κ1) is 12.1. The van der Waals surface area contributed by atoms with E-state index in [1.54, 1.807) is 15.9 Å². The highest BCUT2D eigenvalue weighted by Crippen LogP contribution is 2.12. The maximum absolute atomic E-state index is 12.1. The summed E-state index contributed by atoms with van der Waals surface area (Å²) in [6, 6.07) is 7.73. The predicted octanol–water partition coefficient (Wildman–Crippen LogP) is -1.35. The molecule has 2 aromatic heterocycles. The van der Waals surface area contributed by atoms with Gasteiger partial charge in [-0.1, -0.05) is 23.5 Å². The molecule has 0 atom stereocenters. The van der Waals surface area contributed by atoms with Crippen molar-refractivity contribution in [2.45, 2.75) is 6.92 Å². The molecule has 0 aliphatic carbocycles. The van der Waals surface area contributed by atoms with Gasteiger partial charge in [-0.2, -0.15) is 8.97 Å². The molecule has 0 saturated carbocycles. The van der Waals surface area contributed by atoms with Crippen LogP contribution in [0.4, 0.5) is 0 Å². The van der Waals surface area contributed by atoms with Crippen LogP contribution in [0.3, 0.4) is 0 Å². The van der Waals surface area contributed by atoms with Gasteiger partial charge in [0, 0.05) is 5.38 Å². The Morgan fingerprint density at radius 2 is 2.00 bits per heavy atom. The molecule has 0 N–H and O–H groups in total. The molecule has 0 fully saturated rings. The van der Waals surface area contributed by atoms with E-state index in [2.05, 4.69) is 16.7 Å². The van der Waals surface area contributed by atoms with Crippen LogP contribution in [0.5, 0.6) is 0 Å². The Hall–Kier alpha value is -1.39. The minimum absolute atomic E-state index is 0. The third-order valence-electron chi connectivity index (χ3n) is 2.85. The van der Waals surface area contributed by atoms with Gasteiger partial charge in [0.2, 0.25) is 0 Å². The van der Waals surface area contributed by atoms with Gasteiger partial charge in [0.25, 0.3) is 0 Å². The molecule has 0 spiro atoms. The van der Waals surface area contributed by atoms with Gasteiger partial charge < -0.3 is 12.4 Å². The standard InChI is InChI=1S/C12H11N2OS.ClH/c1-8-7-16-12-13(2)11(15)9-5-3-4-6-10(9)14(8)12;/h3-7H,1-2H3;1H/q+1;/p-1. The second kappa shape index (κ2) is 4.13. The fourth-order valence-electron chi connectivity index (χ4n) is 2.03. The van der Waals surface area contributed by atoms with E-state index >= 15 is 0 Å². The molecule has 0 bridgehead atoms. The fraction of sp³-hybridized carbons (Fsp3) is 0.167. The van der Waals surface area contributed by atoms with Gasteiger partial charge in [-0.25, -0.2) is 4.79 Å². The van der Waals surface area contributed by atoms with Gasteiger partial charge in [0.1, 0.15) is 16.6 Å². The quantitative estimate of drug-likeness (QED) is 0.462. The average Bonchev–Trinajstić information content (AvgIpc) is 2.69. The first-order valence-corrected chi connectivity index (χ1v) is 5.95. The summed E-state index contributed by atoms with van der Waals surface area (Å²) < 4.78 is 3.83. The van der Waals surface area contributed by atoms with Crippen molar-refractivity contribution in [3.63, 3.8) is 0 Å². The Balaban J connectivity index is 0.00000108. The summed E-state index contributed by atoms with van der Waals surface area (Å²) in [6.07, 6.45) is 0. The third kappa shape index (κ3) is 1.56. The van der Waals surface area contributed by atoms with E-state index < -0.39 is 0 Å². The van der Waals surface area contributed by atoms with Crippen LogP contribution >= 0.6 is 11.3 Å². The number of rotatable bonds is 0. The minimum Gasteiger partial charge on any atom is -1.00 e. The van der Waals surface area contributed by atoms with Crippen molar-refractivity contribution in [2.24, 2.45) is 7.05 Å². The molecule has 0 saturated heterocycles. The zero-order valence-corrected chi connectivity index (χ0v) is 11.0. The van der Waals surface area contributed by atoms with Crippen LogP contribution in [0.2, 0.25) is 0 Å². The lowest BCUT2D eigenvalue weighted by molar-refractivity contribution is -0.489. The molecule has 3 rings (SSSR count). The van der Waals surface area contributed by atoms with E-state index in [4.69, 9.17) is 0 Å². The van der Waals surface area contributed by atoms with Gasteiger partial charge in [-0.15, -0.1) is 0 Å². The van der Waals surface area contributed by atoms with Crippen LogP contribution in [-0.2, 0) is 7.05 Å². The molecule has 17 heavy (non-hydrogen) atoms. The Bertz CT molecular complexity index is 760. The number of thiazole rings is 1. The zero-order valence-electron chi connectivity index (χ0n) is 9.48. The summed E-state index contributed by atoms with van der Waals surface area (Å²) in [7, 11) is 1.82. The molecule has 0 aliphatic rings. The SMILES string of the molecule is Cc1csc2n(C)c(=O)c3ccccc3[n+]12.[Cl-]. The summed E-state index contributed by atoms with van der Waals surface area (Å²) >= 11 is 1.60. The number of para-hydroxylation sites is 1. The van der Waals surface area contributed by atoms with Crippen LogP contribution in [-0.4, -0.2) is 4.57 Å². The minimum atomic E-state index is 0. The molecular formula is C12H11ClN2OS. The molecule has 0 amide bonds. The molecule has 2 heterocycles. The van der Waals surface area contributed by atoms with E-state index in [0.29, 0.717) is 0 Å². The molecule has 5 heteroatoms. The van der Waals surface area contributed by atoms with Gasteiger partial charge in [-0.3, -0.25) is 0 Å². The van der Waals surface area contributed by atoms with Crippen LogP contribution in [0.25, 0.3) is 15.9 Å². The molecule has 1 aromatic carbocycles. The van der Waals surface area contributed by atoms with Gasteiger partial charge in [0.05, 0.1) is 7.05 Å². The normalized spacial score (nSPS) is 10.7. The molecule has 0 radical (unpaired) electrons. The van der Waals surface area contributed by atoms with E-state index in [-0.39, 0.29) is 18.0 Å². The first-order chi connectivity index (χ1) is 7.70. The van der Waals surface area contributed by atoms with Crippen LogP contribution in [0.15, 0.2) is 34.4 Å². The zero-order chi connectivity index (χ0) is 11.3. The van der Waals surface area contributed by atoms with E-state index in [1.165, 1.54) is 0 Å². The number of nitrogens with zero attached hydrogens (tertiary/aromatic N) is 2. The monoisotopic (exact) mass is 266 g/mol. The Labute approximate surface area is 108 Å². The topological polar surface area (TPSA) is 26.1 Å². The van der Waals surface area contributed by atoms with Crippen molar-refractivity contribution in [3.8, 4) is 0 Å². The lowest BCUT2D eigenvalue weighted by Crippen LogP contribution is -3.00. The van der Waals surface area contributed by atoms with E-state index in [1.807, 2.05) is 31.3 Å². The van der Waals surface area contributed by atoms with Crippen molar-refractivity contribution in [1.29, 1.82) is 0 Å². The number of benzene rings is 1. The van der Waals surface area contributed by atoms with Crippen molar-refractivity contribution in [3.05, 3.63) is 45.7 Å². The largest absolute Gasteiger partial charge is 1.00 e. The van der Waals surface area contributed by atoms with Crippen LogP contribution < -0.4 is 22.4 Å². The van der Waals surface area contributed by atoms with Crippen LogP contribution in [0.1, 0.15) is 5.69 Å². The summed E-state index contributed by atoms with van der Waals surface area (Å²) in [4.78, 5) is 13.1. The molecule has 3 nitrogen and oxygen atoms in total. The molecule has 3 aromatic rings. The predicted molar refractivity (Wildman–Crippen MR) is 65.0 cm³/mol. The van der Waals surface area contributed by atoms with Gasteiger partial charge >= 0.3 is 10.5 Å². The van der Waals surface area contributed by atoms with Crippen LogP contribution in [0, 0.1) is 6.92 Å². The number of fused-ring (bicyclic) bond motifs is 3. The molecule has 88 valence electrons. The smallest absolute Gasteiger partial charge is 0.348 e. The summed E-state index contributed by atoms with van der Waals surface area (Å²) in [5.74, 6) is 0. The third-order valence-corrected chi connectivity index (χ3v) is 3.97. The van der Waals surface area contributed by atoms with Gasteiger partial charge in [-0.05, 0) is 19.1 Å². The molecule has 0 aliphatic heterocycles. The highest BCUT2D eigenvalue weighted by Gasteiger charge is 2.18. The van der Waals surface area contributed by atoms with E-state index in [9.17, 15) is 4.79 Å². The highest BCUT2D eigenvalue weighted by atomic mass is 35.5. The van der Waals surface area contributed by atoms with Gasteiger partial charge in [0.15, 0.2) is 0 Å². The number of aryl methyl sites for hydroxylation is 2. The fourth-order valence-corrected chi connectivity index (χ4v) is 3.00. The second-order valence-corrected chi connectivity index (χ2v) is 4.71. The Morgan fingerprint density at radius 3 is 2.76 bits per heavy atom. The van der Waals surface area contributed by atoms with Crippen molar-refractivity contribution >= 4 is 27.2 Å². The number of aromatic nitrogens is 2. The second-order valence-electron chi connectivity index (χ2n) is 3.88. The molecule has 0 unspecified atom stereocenters. The summed E-state index contributed by atoms with van der Waals surface area (Å²) in [5, 5.41) is 2.84. The van der Waals surface area contributed by atoms with Crippen molar-refractivity contribution in [2.75, 3.05) is 0 Å². The Morgan fingerprint density at radius 1 is 1.29 bits per heavy atom. The number of halogens is 1. The highest BCUT2D eigenvalue weighted by molar-refractivity contribution is 7.14. The lowest BCUT2D eigenvalue weighted by Gasteiger charge is -1.99. The summed E-state index contributed by atoms with van der Waals surface area (Å²) in [6.45, 7) is 2.06. The first-order valence-electron chi connectivity index (χ1n) is 5.08.